The van der Waals surface area contributed by atoms with E-state index in [2.05, 4.69) is 10.3 Å². The predicted molar refractivity (Wildman–Crippen MR) is 154 cm³/mol. The summed E-state index contributed by atoms with van der Waals surface area (Å²) < 4.78 is 10.7. The summed E-state index contributed by atoms with van der Waals surface area (Å²) >= 11 is 0. The number of fused-ring (bicyclic) bond motifs is 1. The molecule has 1 fully saturated rings. The highest BCUT2D eigenvalue weighted by Crippen LogP contribution is 2.25. The first kappa shape index (κ1) is 31.1. The van der Waals surface area contributed by atoms with Crippen molar-refractivity contribution in [3.05, 3.63) is 75.1 Å². The molecule has 3 aromatic rings. The summed E-state index contributed by atoms with van der Waals surface area (Å²) in [6, 6.07) is 12.5. The molecule has 0 unspecified atom stereocenters. The van der Waals surface area contributed by atoms with E-state index >= 15 is 0 Å². The highest BCUT2D eigenvalue weighted by molar-refractivity contribution is 5.90. The number of anilines is 1. The van der Waals surface area contributed by atoms with Crippen molar-refractivity contribution in [1.82, 2.24) is 9.88 Å². The number of carboxylic acids is 1. The first-order valence-corrected chi connectivity index (χ1v) is 13.7. The number of amides is 2. The number of pyridine rings is 1. The lowest BCUT2D eigenvalue weighted by atomic mass is 9.99. The Morgan fingerprint density at radius 2 is 1.79 bits per heavy atom. The van der Waals surface area contributed by atoms with E-state index in [4.69, 9.17) is 9.47 Å². The molecule has 0 saturated carbocycles. The standard InChI is InChI=1S/C30H37N3O9/c1-15(2)20-7-5-6-8-21(20)31-30(40)33(9-10-41-29-25(36)23(34)24(35)26(42-29)28(38)39)14-19-13-18-12-16(3)11-17(4)22(18)32-27(19)37/h5-8,11-13,15,23-26,29,34-36H,9-10,14H2,1-4H3,(H,31,40)(H,32,37)(H,38,39)/t23-,24-,25+,26-,29+/m0/s1. The number of aromatic nitrogens is 1. The van der Waals surface area contributed by atoms with E-state index in [1.165, 1.54) is 4.90 Å². The molecule has 226 valence electrons. The summed E-state index contributed by atoms with van der Waals surface area (Å²) in [5, 5.41) is 43.3. The quantitative estimate of drug-likeness (QED) is 0.220. The Balaban J connectivity index is 1.58. The van der Waals surface area contributed by atoms with E-state index in [9.17, 15) is 34.8 Å². The molecule has 1 saturated heterocycles. The molecule has 6 N–H and O–H groups in total. The molecular formula is C30H37N3O9. The lowest BCUT2D eigenvalue weighted by Crippen LogP contribution is -2.60. The van der Waals surface area contributed by atoms with Crippen LogP contribution < -0.4 is 10.9 Å². The number of carbonyl (C=O) groups excluding carboxylic acids is 1. The third-order valence-corrected chi connectivity index (χ3v) is 7.30. The molecule has 5 atom stereocenters. The van der Waals surface area contributed by atoms with Crippen molar-refractivity contribution in [1.29, 1.82) is 0 Å². The van der Waals surface area contributed by atoms with Gasteiger partial charge in [0.1, 0.15) is 18.3 Å². The van der Waals surface area contributed by atoms with Crippen molar-refractivity contribution in [3.8, 4) is 0 Å². The zero-order chi connectivity index (χ0) is 30.7. The van der Waals surface area contributed by atoms with Gasteiger partial charge in [-0.1, -0.05) is 43.7 Å². The zero-order valence-corrected chi connectivity index (χ0v) is 23.9. The molecule has 0 spiro atoms. The summed E-state index contributed by atoms with van der Waals surface area (Å²) in [6.45, 7) is 7.42. The minimum atomic E-state index is -1.85. The molecule has 4 rings (SSSR count). The zero-order valence-electron chi connectivity index (χ0n) is 23.9. The summed E-state index contributed by atoms with van der Waals surface area (Å²) in [5.74, 6) is -1.41. The lowest BCUT2D eigenvalue weighted by Gasteiger charge is -2.38. The normalized spacial score (nSPS) is 22.3. The van der Waals surface area contributed by atoms with E-state index in [1.54, 1.807) is 18.2 Å². The third kappa shape index (κ3) is 6.80. The Kier molecular flexibility index (Phi) is 9.64. The highest BCUT2D eigenvalue weighted by atomic mass is 16.7. The van der Waals surface area contributed by atoms with E-state index in [0.29, 0.717) is 16.8 Å². The van der Waals surface area contributed by atoms with Gasteiger partial charge >= 0.3 is 12.0 Å². The molecule has 12 heteroatoms. The Morgan fingerprint density at radius 3 is 2.48 bits per heavy atom. The van der Waals surface area contributed by atoms with Gasteiger partial charge in [0.05, 0.1) is 18.7 Å². The predicted octanol–water partition coefficient (Wildman–Crippen LogP) is 2.21. The Hall–Kier alpha value is -3.81. The highest BCUT2D eigenvalue weighted by Gasteiger charge is 2.47. The Bertz CT molecular complexity index is 1510. The summed E-state index contributed by atoms with van der Waals surface area (Å²) in [4.78, 5) is 42.3. The number of nitrogens with zero attached hydrogens (tertiary/aromatic N) is 1. The van der Waals surface area contributed by atoms with Crippen LogP contribution in [0.4, 0.5) is 10.5 Å². The van der Waals surface area contributed by atoms with Crippen LogP contribution in [0.1, 0.15) is 42.0 Å². The number of para-hydroxylation sites is 1. The van der Waals surface area contributed by atoms with Crippen LogP contribution in [-0.4, -0.2) is 86.2 Å². The van der Waals surface area contributed by atoms with Gasteiger partial charge in [-0.05, 0) is 54.5 Å². The van der Waals surface area contributed by atoms with Gasteiger partial charge in [0.25, 0.3) is 5.56 Å². The van der Waals surface area contributed by atoms with Crippen molar-refractivity contribution in [2.45, 2.75) is 70.9 Å². The van der Waals surface area contributed by atoms with Gasteiger partial charge in [-0.2, -0.15) is 0 Å². The third-order valence-electron chi connectivity index (χ3n) is 7.30. The largest absolute Gasteiger partial charge is 0.479 e. The average molecular weight is 584 g/mol. The molecule has 2 heterocycles. The van der Waals surface area contributed by atoms with E-state index in [-0.39, 0.29) is 31.2 Å². The number of carboxylic acid groups (broad SMARTS) is 1. The minimum absolute atomic E-state index is 0.0928. The maximum atomic E-state index is 13.6. The minimum Gasteiger partial charge on any atom is -0.479 e. The number of ether oxygens (including phenoxy) is 2. The molecular weight excluding hydrogens is 546 g/mol. The molecule has 12 nitrogen and oxygen atoms in total. The fraction of sp³-hybridized carbons (Fsp3) is 0.433. The number of hydrogen-bond acceptors (Lipinski definition) is 8. The van der Waals surface area contributed by atoms with Gasteiger partial charge in [0.2, 0.25) is 0 Å². The van der Waals surface area contributed by atoms with E-state index in [1.807, 2.05) is 52.0 Å². The number of aliphatic hydroxyl groups excluding tert-OH is 3. The number of rotatable bonds is 9. The van der Waals surface area contributed by atoms with Crippen molar-refractivity contribution in [2.75, 3.05) is 18.5 Å². The number of nitrogens with one attached hydrogen (secondary N) is 2. The number of H-pyrrole nitrogens is 1. The van der Waals surface area contributed by atoms with Crippen LogP contribution in [0.15, 0.2) is 47.3 Å². The Morgan fingerprint density at radius 1 is 1.07 bits per heavy atom. The van der Waals surface area contributed by atoms with Crippen molar-refractivity contribution < 1.29 is 39.5 Å². The number of hydrogen-bond donors (Lipinski definition) is 6. The lowest BCUT2D eigenvalue weighted by molar-refractivity contribution is -0.294. The van der Waals surface area contributed by atoms with Crippen LogP contribution in [-0.2, 0) is 20.8 Å². The van der Waals surface area contributed by atoms with Gasteiger partial charge in [0.15, 0.2) is 12.4 Å². The summed E-state index contributed by atoms with van der Waals surface area (Å²) in [6.07, 6.45) is -8.80. The maximum Gasteiger partial charge on any atom is 0.335 e. The molecule has 1 aliphatic rings. The number of carbonyl (C=O) groups is 2. The average Bonchev–Trinajstić information content (AvgIpc) is 2.93. The van der Waals surface area contributed by atoms with Crippen LogP contribution >= 0.6 is 0 Å². The molecule has 0 bridgehead atoms. The molecule has 2 amide bonds. The van der Waals surface area contributed by atoms with Crippen LogP contribution in [0.25, 0.3) is 10.9 Å². The first-order chi connectivity index (χ1) is 19.9. The van der Waals surface area contributed by atoms with Gasteiger partial charge in [-0.15, -0.1) is 0 Å². The fourth-order valence-electron chi connectivity index (χ4n) is 5.08. The van der Waals surface area contributed by atoms with Crippen molar-refractivity contribution >= 4 is 28.6 Å². The van der Waals surface area contributed by atoms with Crippen LogP contribution in [0.5, 0.6) is 0 Å². The second-order valence-corrected chi connectivity index (χ2v) is 10.9. The van der Waals surface area contributed by atoms with Gasteiger partial charge < -0.3 is 45.1 Å². The van der Waals surface area contributed by atoms with Crippen molar-refractivity contribution in [3.63, 3.8) is 0 Å². The fourth-order valence-corrected chi connectivity index (χ4v) is 5.08. The van der Waals surface area contributed by atoms with E-state index in [0.717, 1.165) is 22.1 Å². The number of aryl methyl sites for hydroxylation is 2. The summed E-state index contributed by atoms with van der Waals surface area (Å²) in [7, 11) is 0. The Labute approximate surface area is 242 Å². The van der Waals surface area contributed by atoms with Crippen LogP contribution in [0.3, 0.4) is 0 Å². The molecule has 1 aliphatic heterocycles. The topological polar surface area (TPSA) is 182 Å². The van der Waals surface area contributed by atoms with Crippen LogP contribution in [0, 0.1) is 13.8 Å². The second-order valence-electron chi connectivity index (χ2n) is 10.9. The summed E-state index contributed by atoms with van der Waals surface area (Å²) in [5.41, 5.74) is 4.14. The monoisotopic (exact) mass is 583 g/mol. The number of aliphatic carboxylic acids is 1. The molecule has 0 radical (unpaired) electrons. The molecule has 42 heavy (non-hydrogen) atoms. The smallest absolute Gasteiger partial charge is 0.335 e. The number of aromatic amines is 1. The van der Waals surface area contributed by atoms with Crippen molar-refractivity contribution in [2.24, 2.45) is 0 Å². The number of aliphatic hydroxyl groups is 3. The SMILES string of the molecule is Cc1cc(C)c2[nH]c(=O)c(CN(CCO[C@@H]3O[C@H](C(=O)O)[C@@H](O)[C@H](O)[C@H]3O)C(=O)Nc3ccccc3C(C)C)cc2c1. The maximum absolute atomic E-state index is 13.6. The van der Waals surface area contributed by atoms with E-state index < -0.39 is 42.7 Å². The van der Waals surface area contributed by atoms with Gasteiger partial charge in [-0.3, -0.25) is 4.79 Å². The number of benzene rings is 2. The van der Waals surface area contributed by atoms with Gasteiger partial charge in [-0.25, -0.2) is 9.59 Å². The first-order valence-electron chi connectivity index (χ1n) is 13.7. The van der Waals surface area contributed by atoms with Crippen LogP contribution in [0.2, 0.25) is 0 Å². The number of urea groups is 1. The van der Waals surface area contributed by atoms with Gasteiger partial charge in [0, 0.05) is 17.8 Å². The second kappa shape index (κ2) is 13.0. The molecule has 1 aromatic heterocycles. The molecule has 2 aromatic carbocycles. The molecule has 0 aliphatic carbocycles.